The van der Waals surface area contributed by atoms with Crippen LogP contribution in [0.5, 0.6) is 0 Å². The van der Waals surface area contributed by atoms with Crippen molar-refractivity contribution in [3.63, 3.8) is 0 Å². The molecule has 0 aliphatic carbocycles. The van der Waals surface area contributed by atoms with Gasteiger partial charge in [0, 0.05) is 26.7 Å². The van der Waals surface area contributed by atoms with E-state index >= 15 is 0 Å². The van der Waals surface area contributed by atoms with Gasteiger partial charge in [-0.2, -0.15) is 0 Å². The Bertz CT molecular complexity index is 373. The fourth-order valence-electron chi connectivity index (χ4n) is 2.09. The average molecular weight is 314 g/mol. The summed E-state index contributed by atoms with van der Waals surface area (Å²) in [6.07, 6.45) is 0.0376. The van der Waals surface area contributed by atoms with E-state index in [-0.39, 0.29) is 24.9 Å². The quantitative estimate of drug-likeness (QED) is 0.637. The first-order valence-corrected chi connectivity index (χ1v) is 8.44. The van der Waals surface area contributed by atoms with E-state index in [1.54, 1.807) is 7.05 Å². The van der Waals surface area contributed by atoms with Gasteiger partial charge in [-0.25, -0.2) is 21.5 Å². The highest BCUT2D eigenvalue weighted by molar-refractivity contribution is 7.89. The van der Waals surface area contributed by atoms with Gasteiger partial charge in [0.15, 0.2) is 0 Å². The molecule has 0 bridgehead atoms. The second-order valence-electron chi connectivity index (χ2n) is 5.21. The number of hydrogen-bond donors (Lipinski definition) is 0. The second-order valence-corrected chi connectivity index (χ2v) is 7.41. The summed E-state index contributed by atoms with van der Waals surface area (Å²) in [7, 11) is -0.291. The van der Waals surface area contributed by atoms with Crippen molar-refractivity contribution in [2.24, 2.45) is 0 Å². The average Bonchev–Trinajstić information content (AvgIpc) is 2.85. The van der Waals surface area contributed by atoms with Crippen LogP contribution in [0.2, 0.25) is 0 Å². The SMILES string of the molecule is CN(CCN(C)S(=O)(=O)CC[C@H]1CCCO1)CC(F)F. The third-order valence-electron chi connectivity index (χ3n) is 3.44. The van der Waals surface area contributed by atoms with Crippen LogP contribution >= 0.6 is 0 Å². The van der Waals surface area contributed by atoms with Gasteiger partial charge in [0.25, 0.3) is 6.43 Å². The van der Waals surface area contributed by atoms with Crippen LogP contribution in [0.1, 0.15) is 19.3 Å². The van der Waals surface area contributed by atoms with Crippen molar-refractivity contribution in [1.82, 2.24) is 9.21 Å². The number of nitrogens with zero attached hydrogens (tertiary/aromatic N) is 2. The summed E-state index contributed by atoms with van der Waals surface area (Å²) in [4.78, 5) is 1.43. The van der Waals surface area contributed by atoms with Crippen LogP contribution in [-0.2, 0) is 14.8 Å². The molecule has 1 saturated heterocycles. The molecule has 0 N–H and O–H groups in total. The van der Waals surface area contributed by atoms with Crippen LogP contribution in [0.3, 0.4) is 0 Å². The first-order valence-electron chi connectivity index (χ1n) is 6.83. The number of likely N-dealkylation sites (N-methyl/N-ethyl adjacent to an activating group) is 2. The van der Waals surface area contributed by atoms with Crippen molar-refractivity contribution in [1.29, 1.82) is 0 Å². The number of alkyl halides is 2. The van der Waals surface area contributed by atoms with Crippen molar-refractivity contribution in [2.75, 3.05) is 46.1 Å². The number of hydrogen-bond acceptors (Lipinski definition) is 4. The van der Waals surface area contributed by atoms with E-state index in [9.17, 15) is 17.2 Å². The van der Waals surface area contributed by atoms with E-state index in [0.29, 0.717) is 19.6 Å². The first kappa shape index (κ1) is 17.7. The Morgan fingerprint density at radius 1 is 1.30 bits per heavy atom. The van der Waals surface area contributed by atoms with Crippen LogP contribution < -0.4 is 0 Å². The molecule has 1 atom stereocenters. The summed E-state index contributed by atoms with van der Waals surface area (Å²) in [6.45, 7) is 0.875. The van der Waals surface area contributed by atoms with E-state index in [0.717, 1.165) is 12.8 Å². The minimum atomic E-state index is -3.33. The summed E-state index contributed by atoms with van der Waals surface area (Å²) in [5.41, 5.74) is 0. The van der Waals surface area contributed by atoms with Gasteiger partial charge in [0.05, 0.1) is 18.4 Å². The van der Waals surface area contributed by atoms with Crippen LogP contribution in [0.15, 0.2) is 0 Å². The molecule has 1 fully saturated rings. The molecule has 120 valence electrons. The van der Waals surface area contributed by atoms with Gasteiger partial charge in [0.2, 0.25) is 10.0 Å². The molecule has 0 aromatic heterocycles. The Morgan fingerprint density at radius 3 is 2.55 bits per heavy atom. The van der Waals surface area contributed by atoms with Crippen molar-refractivity contribution in [3.8, 4) is 0 Å². The molecule has 1 rings (SSSR count). The summed E-state index contributed by atoms with van der Waals surface area (Å²) in [5.74, 6) is 0.0483. The van der Waals surface area contributed by atoms with Gasteiger partial charge >= 0.3 is 0 Å². The largest absolute Gasteiger partial charge is 0.378 e. The van der Waals surface area contributed by atoms with E-state index in [4.69, 9.17) is 4.74 Å². The highest BCUT2D eigenvalue weighted by Gasteiger charge is 2.23. The zero-order valence-electron chi connectivity index (χ0n) is 12.1. The topological polar surface area (TPSA) is 49.9 Å². The Hall–Kier alpha value is -0.310. The fourth-order valence-corrected chi connectivity index (χ4v) is 3.32. The fraction of sp³-hybridized carbons (Fsp3) is 1.00. The van der Waals surface area contributed by atoms with Gasteiger partial charge in [-0.3, -0.25) is 4.90 Å². The normalized spacial score (nSPS) is 20.4. The molecule has 8 heteroatoms. The molecule has 0 unspecified atom stereocenters. The van der Waals surface area contributed by atoms with Gasteiger partial charge in [-0.05, 0) is 26.3 Å². The van der Waals surface area contributed by atoms with Crippen LogP contribution in [0, 0.1) is 0 Å². The van der Waals surface area contributed by atoms with Gasteiger partial charge < -0.3 is 4.74 Å². The molecule has 1 heterocycles. The Labute approximate surface area is 119 Å². The van der Waals surface area contributed by atoms with Crippen LogP contribution in [0.25, 0.3) is 0 Å². The zero-order chi connectivity index (χ0) is 15.2. The maximum absolute atomic E-state index is 12.1. The highest BCUT2D eigenvalue weighted by Crippen LogP contribution is 2.16. The lowest BCUT2D eigenvalue weighted by molar-refractivity contribution is 0.0988. The van der Waals surface area contributed by atoms with Crippen molar-refractivity contribution >= 4 is 10.0 Å². The molecule has 0 aromatic rings. The monoisotopic (exact) mass is 314 g/mol. The number of ether oxygens (including phenoxy) is 1. The van der Waals surface area contributed by atoms with Gasteiger partial charge in [-0.15, -0.1) is 0 Å². The molecular weight excluding hydrogens is 290 g/mol. The molecule has 20 heavy (non-hydrogen) atoms. The van der Waals surface area contributed by atoms with Crippen LogP contribution in [0.4, 0.5) is 8.78 Å². The number of sulfonamides is 1. The Balaban J connectivity index is 2.30. The second kappa shape index (κ2) is 8.21. The molecule has 0 saturated carbocycles. The predicted octanol–water partition coefficient (Wildman–Crippen LogP) is 1.01. The highest BCUT2D eigenvalue weighted by atomic mass is 32.2. The summed E-state index contributed by atoms with van der Waals surface area (Å²) in [6, 6.07) is 0. The molecule has 0 aromatic carbocycles. The lowest BCUT2D eigenvalue weighted by Crippen LogP contribution is -2.37. The molecular formula is C12H24F2N2O3S. The summed E-state index contributed by atoms with van der Waals surface area (Å²) in [5, 5.41) is 0. The first-order chi connectivity index (χ1) is 9.31. The van der Waals surface area contributed by atoms with E-state index in [1.165, 1.54) is 16.3 Å². The van der Waals surface area contributed by atoms with Gasteiger partial charge in [0.1, 0.15) is 0 Å². The van der Waals surface area contributed by atoms with Crippen molar-refractivity contribution < 1.29 is 21.9 Å². The Kier molecular flexibility index (Phi) is 7.28. The number of rotatable bonds is 9. The van der Waals surface area contributed by atoms with Gasteiger partial charge in [-0.1, -0.05) is 0 Å². The molecule has 0 radical (unpaired) electrons. The predicted molar refractivity (Wildman–Crippen MR) is 73.5 cm³/mol. The molecule has 1 aliphatic heterocycles. The maximum atomic E-state index is 12.1. The standard InChI is InChI=1S/C12H24F2N2O3S/c1-15(10-12(13)14)6-7-16(2)20(17,18)9-5-11-4-3-8-19-11/h11-12H,3-10H2,1-2H3/t11-/m1/s1. The summed E-state index contributed by atoms with van der Waals surface area (Å²) < 4.78 is 55.0. The lowest BCUT2D eigenvalue weighted by Gasteiger charge is -2.22. The van der Waals surface area contributed by atoms with E-state index in [2.05, 4.69) is 0 Å². The maximum Gasteiger partial charge on any atom is 0.251 e. The summed E-state index contributed by atoms with van der Waals surface area (Å²) >= 11 is 0. The van der Waals surface area contributed by atoms with E-state index in [1.807, 2.05) is 0 Å². The molecule has 5 nitrogen and oxygen atoms in total. The molecule has 0 amide bonds. The lowest BCUT2D eigenvalue weighted by atomic mass is 10.2. The third kappa shape index (κ3) is 6.43. The van der Waals surface area contributed by atoms with Crippen molar-refractivity contribution in [3.05, 3.63) is 0 Å². The Morgan fingerprint density at radius 2 is 2.00 bits per heavy atom. The van der Waals surface area contributed by atoms with E-state index < -0.39 is 16.4 Å². The minimum Gasteiger partial charge on any atom is -0.378 e. The number of halogens is 2. The van der Waals surface area contributed by atoms with Crippen LogP contribution in [-0.4, -0.2) is 76.2 Å². The molecule has 0 spiro atoms. The van der Waals surface area contributed by atoms with Crippen molar-refractivity contribution in [2.45, 2.75) is 31.8 Å². The smallest absolute Gasteiger partial charge is 0.251 e. The zero-order valence-corrected chi connectivity index (χ0v) is 12.9. The molecule has 1 aliphatic rings. The third-order valence-corrected chi connectivity index (χ3v) is 5.33. The minimum absolute atomic E-state index is 0.0414.